The van der Waals surface area contributed by atoms with Gasteiger partial charge in [-0.25, -0.2) is 0 Å². The lowest BCUT2D eigenvalue weighted by atomic mass is 9.94. The Morgan fingerprint density at radius 1 is 0.841 bits per heavy atom. The molecule has 9 heteroatoms. The number of hydrogen-bond donors (Lipinski definition) is 3. The molecule has 0 aromatic heterocycles. The first-order valence-electron chi connectivity index (χ1n) is 15.6. The summed E-state index contributed by atoms with van der Waals surface area (Å²) in [5, 5.41) is 5.74. The van der Waals surface area contributed by atoms with E-state index in [0.29, 0.717) is 63.7 Å². The lowest BCUT2D eigenvalue weighted by Crippen LogP contribution is -2.36. The van der Waals surface area contributed by atoms with Gasteiger partial charge in [0.25, 0.3) is 0 Å². The summed E-state index contributed by atoms with van der Waals surface area (Å²) in [6, 6.07) is 16.4. The number of carbonyl (C=O) groups is 3. The van der Waals surface area contributed by atoms with Crippen LogP contribution in [0.2, 0.25) is 0 Å². The van der Waals surface area contributed by atoms with Crippen molar-refractivity contribution in [1.29, 1.82) is 0 Å². The molecule has 4 rings (SSSR count). The van der Waals surface area contributed by atoms with Crippen molar-refractivity contribution in [2.24, 2.45) is 0 Å². The van der Waals surface area contributed by atoms with Crippen molar-refractivity contribution in [2.75, 3.05) is 37.0 Å². The van der Waals surface area contributed by atoms with Crippen molar-refractivity contribution < 1.29 is 23.9 Å². The van der Waals surface area contributed by atoms with Crippen LogP contribution >= 0.6 is 12.6 Å². The zero-order chi connectivity index (χ0) is 31.7. The van der Waals surface area contributed by atoms with Crippen LogP contribution in [0.1, 0.15) is 82.4 Å². The van der Waals surface area contributed by atoms with Crippen LogP contribution in [0.15, 0.2) is 54.6 Å². The molecule has 3 amide bonds. The van der Waals surface area contributed by atoms with Gasteiger partial charge in [-0.1, -0.05) is 48.5 Å². The molecule has 0 saturated heterocycles. The predicted molar refractivity (Wildman–Crippen MR) is 178 cm³/mol. The van der Waals surface area contributed by atoms with Crippen LogP contribution in [0.3, 0.4) is 0 Å². The van der Waals surface area contributed by atoms with E-state index in [-0.39, 0.29) is 30.7 Å². The van der Waals surface area contributed by atoms with E-state index in [2.05, 4.69) is 53.6 Å². The molecule has 2 N–H and O–H groups in total. The normalized spacial score (nSPS) is 15.6. The zero-order valence-corrected chi connectivity index (χ0v) is 27.4. The van der Waals surface area contributed by atoms with E-state index in [1.165, 1.54) is 11.1 Å². The number of fused-ring (bicyclic) bond motifs is 5. The number of nitrogens with one attached hydrogen (secondary N) is 2. The summed E-state index contributed by atoms with van der Waals surface area (Å²) < 4.78 is 12.0. The van der Waals surface area contributed by atoms with E-state index >= 15 is 0 Å². The molecule has 0 spiro atoms. The predicted octanol–water partition coefficient (Wildman–Crippen LogP) is 5.42. The van der Waals surface area contributed by atoms with Gasteiger partial charge in [0.05, 0.1) is 36.6 Å². The Morgan fingerprint density at radius 3 is 2.30 bits per heavy atom. The van der Waals surface area contributed by atoms with Crippen LogP contribution < -0.4 is 15.5 Å². The lowest BCUT2D eigenvalue weighted by Gasteiger charge is -2.30. The number of anilines is 1. The summed E-state index contributed by atoms with van der Waals surface area (Å²) >= 11 is 4.06. The first-order chi connectivity index (χ1) is 21.0. The van der Waals surface area contributed by atoms with Gasteiger partial charge >= 0.3 is 0 Å². The van der Waals surface area contributed by atoms with Crippen LogP contribution in [0.5, 0.6) is 0 Å². The first kappa shape index (κ1) is 33.7. The molecule has 0 fully saturated rings. The molecule has 238 valence electrons. The molecule has 2 aliphatic rings. The summed E-state index contributed by atoms with van der Waals surface area (Å²) in [6.07, 6.45) is 4.42. The molecule has 1 heterocycles. The smallest absolute Gasteiger partial charge is 0.229 e. The van der Waals surface area contributed by atoms with Crippen LogP contribution in [0, 0.1) is 0 Å². The van der Waals surface area contributed by atoms with Gasteiger partial charge in [0.1, 0.15) is 0 Å². The molecule has 1 aliphatic carbocycles. The van der Waals surface area contributed by atoms with Gasteiger partial charge in [0.15, 0.2) is 0 Å². The Balaban J connectivity index is 1.18. The van der Waals surface area contributed by atoms with Gasteiger partial charge in [-0.15, -0.1) is 0 Å². The minimum Gasteiger partial charge on any atom is -0.375 e. The Hall–Kier alpha value is -3.14. The molecule has 0 radical (unpaired) electrons. The number of benzene rings is 2. The summed E-state index contributed by atoms with van der Waals surface area (Å²) in [7, 11) is 0. The largest absolute Gasteiger partial charge is 0.375 e. The molecule has 2 aromatic carbocycles. The van der Waals surface area contributed by atoms with Gasteiger partial charge < -0.3 is 25.0 Å². The third-order valence-corrected chi connectivity index (χ3v) is 8.39. The summed E-state index contributed by atoms with van der Waals surface area (Å²) in [6.45, 7) is 10.1. The summed E-state index contributed by atoms with van der Waals surface area (Å²) in [4.78, 5) is 39.6. The SMILES string of the molecule is CC(C)(CCOC(C)(C)CCC(=O)NCCC(=O)N1Cc2ccccc2C2C=C2c2ccccc21)OCCNC(=O)CCS. The van der Waals surface area contributed by atoms with Gasteiger partial charge in [0.2, 0.25) is 17.7 Å². The first-order valence-corrected chi connectivity index (χ1v) is 16.2. The van der Waals surface area contributed by atoms with E-state index in [1.54, 1.807) is 0 Å². The molecule has 0 bridgehead atoms. The fourth-order valence-electron chi connectivity index (χ4n) is 5.43. The molecule has 1 atom stereocenters. The van der Waals surface area contributed by atoms with Crippen molar-refractivity contribution in [1.82, 2.24) is 10.6 Å². The van der Waals surface area contributed by atoms with Crippen LogP contribution in [0.4, 0.5) is 5.69 Å². The molecular formula is C35H47N3O5S. The van der Waals surface area contributed by atoms with Crippen molar-refractivity contribution in [3.63, 3.8) is 0 Å². The fourth-order valence-corrected chi connectivity index (χ4v) is 5.63. The van der Waals surface area contributed by atoms with Gasteiger partial charge in [0, 0.05) is 43.8 Å². The topological polar surface area (TPSA) is 97.0 Å². The monoisotopic (exact) mass is 621 g/mol. The molecule has 44 heavy (non-hydrogen) atoms. The fraction of sp³-hybridized carbons (Fsp3) is 0.514. The maximum atomic E-state index is 13.5. The minimum absolute atomic E-state index is 0.0132. The maximum absolute atomic E-state index is 13.5. The van der Waals surface area contributed by atoms with E-state index < -0.39 is 11.2 Å². The Kier molecular flexibility index (Phi) is 11.7. The second-order valence-electron chi connectivity index (χ2n) is 12.7. The highest BCUT2D eigenvalue weighted by Gasteiger charge is 2.35. The second-order valence-corrected chi connectivity index (χ2v) is 13.1. The number of thiol groups is 1. The second kappa shape index (κ2) is 15.2. The number of allylic oxidation sites excluding steroid dienone is 2. The molecule has 1 aliphatic heterocycles. The average molecular weight is 622 g/mol. The summed E-state index contributed by atoms with van der Waals surface area (Å²) in [5.41, 5.74) is 4.83. The molecule has 1 unspecified atom stereocenters. The number of nitrogens with zero attached hydrogens (tertiary/aromatic N) is 1. The van der Waals surface area contributed by atoms with Crippen molar-refractivity contribution >= 4 is 41.6 Å². The third kappa shape index (κ3) is 9.68. The van der Waals surface area contributed by atoms with Crippen molar-refractivity contribution in [3.05, 3.63) is 71.3 Å². The van der Waals surface area contributed by atoms with Gasteiger partial charge in [-0.3, -0.25) is 14.4 Å². The third-order valence-electron chi connectivity index (χ3n) is 8.17. The van der Waals surface area contributed by atoms with E-state index in [0.717, 1.165) is 16.8 Å². The Labute approximate surface area is 267 Å². The van der Waals surface area contributed by atoms with E-state index in [1.807, 2.05) is 56.9 Å². The molecule has 2 aromatic rings. The van der Waals surface area contributed by atoms with Crippen LogP contribution in [0.25, 0.3) is 5.57 Å². The lowest BCUT2D eigenvalue weighted by molar-refractivity contribution is -0.123. The minimum atomic E-state index is -0.485. The number of rotatable bonds is 16. The Bertz CT molecular complexity index is 1360. The number of para-hydroxylation sites is 1. The van der Waals surface area contributed by atoms with Crippen LogP contribution in [-0.4, -0.2) is 61.0 Å². The average Bonchev–Trinajstić information content (AvgIpc) is 3.77. The summed E-state index contributed by atoms with van der Waals surface area (Å²) in [5.74, 6) is 0.713. The van der Waals surface area contributed by atoms with Crippen molar-refractivity contribution in [2.45, 2.75) is 83.5 Å². The highest BCUT2D eigenvalue weighted by atomic mass is 32.1. The van der Waals surface area contributed by atoms with Crippen LogP contribution in [-0.2, 0) is 30.4 Å². The molecule has 8 nitrogen and oxygen atoms in total. The number of amides is 3. The zero-order valence-electron chi connectivity index (χ0n) is 26.5. The van der Waals surface area contributed by atoms with Gasteiger partial charge in [-0.2, -0.15) is 12.6 Å². The number of carbonyl (C=O) groups excluding carboxylic acids is 3. The maximum Gasteiger partial charge on any atom is 0.229 e. The standard InChI is InChI=1S/C35H47N3O5S/c1-34(2,42-20-17-35(3,4)43-21-19-37-32(40)15-22-44)16-13-31(39)36-18-14-33(41)38-24-25-9-5-6-10-26(25)28-23-29(28)27-11-7-8-12-30(27)38/h5-12,23,28,44H,13-22,24H2,1-4H3,(H,36,39)(H,37,40). The quantitative estimate of drug-likeness (QED) is 0.172. The highest BCUT2D eigenvalue weighted by molar-refractivity contribution is 7.80. The van der Waals surface area contributed by atoms with Gasteiger partial charge in [-0.05, 0) is 69.1 Å². The van der Waals surface area contributed by atoms with E-state index in [9.17, 15) is 14.4 Å². The highest BCUT2D eigenvalue weighted by Crippen LogP contribution is 2.51. The van der Waals surface area contributed by atoms with Crippen molar-refractivity contribution in [3.8, 4) is 0 Å². The molecule has 0 saturated carbocycles. The number of ether oxygens (including phenoxy) is 2. The Morgan fingerprint density at radius 2 is 1.50 bits per heavy atom. The van der Waals surface area contributed by atoms with E-state index in [4.69, 9.17) is 9.47 Å². The molecular weight excluding hydrogens is 574 g/mol. The number of hydrogen-bond acceptors (Lipinski definition) is 6.